The summed E-state index contributed by atoms with van der Waals surface area (Å²) in [6.45, 7) is 9.08. The van der Waals surface area contributed by atoms with E-state index in [1.54, 1.807) is 25.1 Å². The number of benzene rings is 1. The molecule has 0 aromatic heterocycles. The fourth-order valence-corrected chi connectivity index (χ4v) is 6.33. The Kier molecular flexibility index (Phi) is 8.75. The predicted octanol–water partition coefficient (Wildman–Crippen LogP) is 2.85. The summed E-state index contributed by atoms with van der Waals surface area (Å²) in [6, 6.07) is 4.71. The first-order chi connectivity index (χ1) is 15.3. The van der Waals surface area contributed by atoms with Crippen molar-refractivity contribution >= 4 is 16.1 Å². The number of aliphatic hydroxyl groups is 1. The highest BCUT2D eigenvalue weighted by molar-refractivity contribution is 7.89. The van der Waals surface area contributed by atoms with E-state index in [0.717, 1.165) is 38.2 Å². The number of hydrogen-bond donors (Lipinski definition) is 1. The topological polar surface area (TPSA) is 79.3 Å². The van der Waals surface area contributed by atoms with Crippen LogP contribution in [0.1, 0.15) is 39.2 Å². The zero-order valence-electron chi connectivity index (χ0n) is 19.7. The molecule has 1 saturated heterocycles. The fourth-order valence-electron chi connectivity index (χ4n) is 4.51. The van der Waals surface area contributed by atoms with E-state index in [2.05, 4.69) is 11.9 Å². The Labute approximate surface area is 193 Å². The van der Waals surface area contributed by atoms with Gasteiger partial charge in [-0.25, -0.2) is 8.42 Å². The van der Waals surface area contributed by atoms with Gasteiger partial charge in [0.25, 0.3) is 0 Å². The van der Waals surface area contributed by atoms with Crippen molar-refractivity contribution in [3.05, 3.63) is 29.8 Å². The van der Waals surface area contributed by atoms with Gasteiger partial charge in [-0.15, -0.1) is 0 Å². The van der Waals surface area contributed by atoms with Crippen LogP contribution >= 0.6 is 0 Å². The lowest BCUT2D eigenvalue weighted by molar-refractivity contribution is 0.0402. The van der Waals surface area contributed by atoms with Crippen LogP contribution in [0.3, 0.4) is 0 Å². The molecule has 32 heavy (non-hydrogen) atoms. The van der Waals surface area contributed by atoms with Gasteiger partial charge in [0.15, 0.2) is 0 Å². The summed E-state index contributed by atoms with van der Waals surface area (Å²) in [4.78, 5) is 2.46. The second-order valence-electron chi connectivity index (χ2n) is 9.22. The quantitative estimate of drug-likeness (QED) is 0.666. The van der Waals surface area contributed by atoms with Crippen molar-refractivity contribution in [2.24, 2.45) is 11.8 Å². The van der Waals surface area contributed by atoms with Crippen LogP contribution in [0.25, 0.3) is 6.08 Å². The normalized spacial score (nSPS) is 25.8. The number of allylic oxidation sites excluding steroid dienone is 1. The van der Waals surface area contributed by atoms with Crippen molar-refractivity contribution in [3.8, 4) is 5.75 Å². The number of ether oxygens (including phenoxy) is 2. The highest BCUT2D eigenvalue weighted by Crippen LogP contribution is 2.34. The Bertz CT molecular complexity index is 882. The molecule has 0 spiro atoms. The van der Waals surface area contributed by atoms with Crippen LogP contribution in [0.15, 0.2) is 29.2 Å². The zero-order chi connectivity index (χ0) is 23.3. The maximum Gasteiger partial charge on any atom is 0.247 e. The second-order valence-corrected chi connectivity index (χ2v) is 11.1. The summed E-state index contributed by atoms with van der Waals surface area (Å²) in [6.07, 6.45) is 5.81. The molecule has 180 valence electrons. The van der Waals surface area contributed by atoms with E-state index in [1.165, 1.54) is 4.31 Å². The van der Waals surface area contributed by atoms with Crippen molar-refractivity contribution < 1.29 is 23.0 Å². The SMILES string of the molecule is C/C=C/c1ccc2c(c1)O[C@H](CN(C)CC1CCOCC1)[C@@H](C)CN([C@@H](C)CO)S2(=O)=O. The summed E-state index contributed by atoms with van der Waals surface area (Å²) in [7, 11) is -1.69. The Morgan fingerprint density at radius 3 is 2.66 bits per heavy atom. The van der Waals surface area contributed by atoms with Gasteiger partial charge in [0, 0.05) is 44.8 Å². The molecule has 2 aliphatic rings. The van der Waals surface area contributed by atoms with E-state index < -0.39 is 16.1 Å². The molecule has 2 aliphatic heterocycles. The first-order valence-corrected chi connectivity index (χ1v) is 13.0. The number of likely N-dealkylation sites (N-methyl/N-ethyl adjacent to an activating group) is 1. The molecule has 1 fully saturated rings. The van der Waals surface area contributed by atoms with E-state index in [0.29, 0.717) is 24.8 Å². The van der Waals surface area contributed by atoms with Gasteiger partial charge in [-0.1, -0.05) is 25.1 Å². The van der Waals surface area contributed by atoms with E-state index in [-0.39, 0.29) is 23.5 Å². The molecule has 1 N–H and O–H groups in total. The summed E-state index contributed by atoms with van der Waals surface area (Å²) in [5, 5.41) is 9.76. The minimum Gasteiger partial charge on any atom is -0.487 e. The molecule has 0 amide bonds. The van der Waals surface area contributed by atoms with Gasteiger partial charge >= 0.3 is 0 Å². The maximum atomic E-state index is 13.5. The molecule has 0 bridgehead atoms. The lowest BCUT2D eigenvalue weighted by atomic mass is 9.98. The molecule has 8 heteroatoms. The third-order valence-electron chi connectivity index (χ3n) is 6.45. The molecular weight excluding hydrogens is 428 g/mol. The third kappa shape index (κ3) is 5.91. The zero-order valence-corrected chi connectivity index (χ0v) is 20.6. The fraction of sp³-hybridized carbons (Fsp3) is 0.667. The van der Waals surface area contributed by atoms with Gasteiger partial charge in [-0.05, 0) is 57.4 Å². The Morgan fingerprint density at radius 2 is 2.00 bits per heavy atom. The summed E-state index contributed by atoms with van der Waals surface area (Å²) >= 11 is 0. The molecule has 0 unspecified atom stereocenters. The highest BCUT2D eigenvalue weighted by Gasteiger charge is 2.38. The first kappa shape index (κ1) is 25.2. The lowest BCUT2D eigenvalue weighted by Crippen LogP contribution is -2.50. The number of hydrogen-bond acceptors (Lipinski definition) is 6. The highest BCUT2D eigenvalue weighted by atomic mass is 32.2. The molecule has 3 rings (SSSR count). The van der Waals surface area contributed by atoms with Crippen LogP contribution in [-0.4, -0.2) is 81.4 Å². The van der Waals surface area contributed by atoms with Crippen molar-refractivity contribution in [2.45, 2.75) is 50.7 Å². The smallest absolute Gasteiger partial charge is 0.247 e. The number of aliphatic hydroxyl groups excluding tert-OH is 1. The van der Waals surface area contributed by atoms with Crippen molar-refractivity contribution in [3.63, 3.8) is 0 Å². The number of fused-ring (bicyclic) bond motifs is 1. The average molecular weight is 467 g/mol. The van der Waals surface area contributed by atoms with Crippen molar-refractivity contribution in [1.29, 1.82) is 0 Å². The minimum atomic E-state index is -3.80. The first-order valence-electron chi connectivity index (χ1n) is 11.6. The van der Waals surface area contributed by atoms with Crippen LogP contribution < -0.4 is 4.74 Å². The number of nitrogens with zero attached hydrogens (tertiary/aromatic N) is 2. The Hall–Kier alpha value is -1.45. The lowest BCUT2D eigenvalue weighted by Gasteiger charge is -2.38. The molecule has 2 heterocycles. The summed E-state index contributed by atoms with van der Waals surface area (Å²) < 4.78 is 40.3. The van der Waals surface area contributed by atoms with Gasteiger partial charge in [-0.3, -0.25) is 0 Å². The summed E-state index contributed by atoms with van der Waals surface area (Å²) in [5.41, 5.74) is 0.894. The standard InChI is InChI=1S/C24H38N2O5S/c1-5-6-20-7-8-24-22(13-20)31-23(16-25(4)15-21-9-11-30-12-10-21)18(2)14-26(19(3)17-27)32(24,28)29/h5-8,13,18-19,21,23,27H,9-12,14-17H2,1-4H3/b6-5+/t18-,19-,23+/m0/s1. The van der Waals surface area contributed by atoms with Gasteiger partial charge in [-0.2, -0.15) is 4.31 Å². The Balaban J connectivity index is 1.91. The van der Waals surface area contributed by atoms with E-state index in [4.69, 9.17) is 9.47 Å². The Morgan fingerprint density at radius 1 is 1.28 bits per heavy atom. The molecule has 1 aromatic rings. The molecule has 3 atom stereocenters. The third-order valence-corrected chi connectivity index (χ3v) is 8.47. The van der Waals surface area contributed by atoms with E-state index in [1.807, 2.05) is 26.0 Å². The van der Waals surface area contributed by atoms with Gasteiger partial charge in [0.1, 0.15) is 16.7 Å². The van der Waals surface area contributed by atoms with Crippen molar-refractivity contribution in [2.75, 3.05) is 46.5 Å². The molecular formula is C24H38N2O5S. The molecule has 0 saturated carbocycles. The van der Waals surface area contributed by atoms with E-state index >= 15 is 0 Å². The van der Waals surface area contributed by atoms with Crippen LogP contribution in [0.4, 0.5) is 0 Å². The monoisotopic (exact) mass is 466 g/mol. The predicted molar refractivity (Wildman–Crippen MR) is 126 cm³/mol. The molecule has 0 aliphatic carbocycles. The second kappa shape index (κ2) is 11.1. The molecule has 0 radical (unpaired) electrons. The van der Waals surface area contributed by atoms with Crippen LogP contribution in [0.2, 0.25) is 0 Å². The van der Waals surface area contributed by atoms with Crippen molar-refractivity contribution in [1.82, 2.24) is 9.21 Å². The van der Waals surface area contributed by atoms with E-state index in [9.17, 15) is 13.5 Å². The van der Waals surface area contributed by atoms with Gasteiger partial charge in [0.2, 0.25) is 10.0 Å². The molecule has 1 aromatic carbocycles. The van der Waals surface area contributed by atoms with Crippen LogP contribution in [-0.2, 0) is 14.8 Å². The van der Waals surface area contributed by atoms with Gasteiger partial charge < -0.3 is 19.5 Å². The largest absolute Gasteiger partial charge is 0.487 e. The number of sulfonamides is 1. The summed E-state index contributed by atoms with van der Waals surface area (Å²) in [5.74, 6) is 0.943. The molecule has 7 nitrogen and oxygen atoms in total. The van der Waals surface area contributed by atoms with Gasteiger partial charge in [0.05, 0.1) is 6.61 Å². The van der Waals surface area contributed by atoms with Crippen LogP contribution in [0, 0.1) is 11.8 Å². The number of rotatable bonds is 7. The minimum absolute atomic E-state index is 0.0468. The average Bonchev–Trinajstić information content (AvgIpc) is 2.76. The maximum absolute atomic E-state index is 13.5. The van der Waals surface area contributed by atoms with Crippen LogP contribution in [0.5, 0.6) is 5.75 Å².